The third-order valence-corrected chi connectivity index (χ3v) is 6.62. The molecule has 0 saturated heterocycles. The van der Waals surface area contributed by atoms with Gasteiger partial charge in [-0.25, -0.2) is 4.79 Å². The zero-order valence-electron chi connectivity index (χ0n) is 16.1. The van der Waals surface area contributed by atoms with Crippen LogP contribution in [0.5, 0.6) is 0 Å². The maximum absolute atomic E-state index is 12.3. The third kappa shape index (κ3) is 5.54. The molecule has 2 amide bonds. The van der Waals surface area contributed by atoms with Gasteiger partial charge in [0.2, 0.25) is 0 Å². The summed E-state index contributed by atoms with van der Waals surface area (Å²) in [4.78, 5) is 15.8. The van der Waals surface area contributed by atoms with Gasteiger partial charge in [-0.2, -0.15) is 0 Å². The normalized spacial score (nSPS) is 13.6. The van der Waals surface area contributed by atoms with Gasteiger partial charge in [0.25, 0.3) is 0 Å². The molecule has 4 nitrogen and oxygen atoms in total. The summed E-state index contributed by atoms with van der Waals surface area (Å²) in [5, 5.41) is 11.7. The number of nitrogens with one attached hydrogen (secondary N) is 2. The molecule has 3 rings (SSSR count). The molecule has 2 N–H and O–H groups in total. The molecular formula is C21H27N3OS2. The van der Waals surface area contributed by atoms with Gasteiger partial charge in [-0.15, -0.1) is 22.7 Å². The zero-order valence-corrected chi connectivity index (χ0v) is 17.7. The summed E-state index contributed by atoms with van der Waals surface area (Å²) >= 11 is 3.51. The van der Waals surface area contributed by atoms with Gasteiger partial charge in [-0.05, 0) is 61.3 Å². The summed E-state index contributed by atoms with van der Waals surface area (Å²) in [7, 11) is 4.14. The number of fused-ring (bicyclic) bond motifs is 1. The number of nitrogens with zero attached hydrogens (tertiary/aromatic N) is 1. The van der Waals surface area contributed by atoms with Crippen molar-refractivity contribution < 1.29 is 4.79 Å². The second-order valence-corrected chi connectivity index (χ2v) is 9.06. The van der Waals surface area contributed by atoms with Crippen molar-refractivity contribution in [3.63, 3.8) is 0 Å². The fourth-order valence-corrected chi connectivity index (χ4v) is 4.96. The minimum absolute atomic E-state index is 0.0962. The Hall–Kier alpha value is -1.89. The molecule has 0 unspecified atom stereocenters. The van der Waals surface area contributed by atoms with Crippen LogP contribution in [-0.4, -0.2) is 43.7 Å². The van der Waals surface area contributed by atoms with E-state index in [9.17, 15) is 4.79 Å². The minimum atomic E-state index is -0.0962. The minimum Gasteiger partial charge on any atom is -0.337 e. The van der Waals surface area contributed by atoms with E-state index in [1.165, 1.54) is 20.5 Å². The lowest BCUT2D eigenvalue weighted by Gasteiger charge is -2.25. The molecule has 0 saturated carbocycles. The molecule has 144 valence electrons. The summed E-state index contributed by atoms with van der Waals surface area (Å²) in [6.07, 6.45) is 1.78. The van der Waals surface area contributed by atoms with E-state index < -0.39 is 0 Å². The molecule has 0 radical (unpaired) electrons. The molecule has 2 heterocycles. The molecule has 0 aliphatic carbocycles. The van der Waals surface area contributed by atoms with Crippen molar-refractivity contribution in [1.29, 1.82) is 0 Å². The summed E-state index contributed by atoms with van der Waals surface area (Å²) in [6.45, 7) is 2.66. The number of carbonyl (C=O) groups excluding carboxylic acids is 1. The molecule has 0 aliphatic rings. The zero-order chi connectivity index (χ0) is 19.2. The number of likely N-dealkylation sites (N-methyl/N-ethyl adjacent to an activating group) is 1. The molecule has 3 aromatic rings. The Bertz CT molecular complexity index is 857. The van der Waals surface area contributed by atoms with Crippen LogP contribution in [0.3, 0.4) is 0 Å². The third-order valence-electron chi connectivity index (χ3n) is 4.71. The van der Waals surface area contributed by atoms with Crippen molar-refractivity contribution in [2.45, 2.75) is 31.8 Å². The first-order chi connectivity index (χ1) is 13.0. The van der Waals surface area contributed by atoms with Crippen molar-refractivity contribution in [3.05, 3.63) is 57.6 Å². The Morgan fingerprint density at radius 2 is 1.93 bits per heavy atom. The van der Waals surface area contributed by atoms with E-state index in [4.69, 9.17) is 0 Å². The molecule has 2 atom stereocenters. The lowest BCUT2D eigenvalue weighted by atomic mass is 10.0. The second-order valence-electron chi connectivity index (χ2n) is 7.12. The molecule has 0 spiro atoms. The highest BCUT2D eigenvalue weighted by Crippen LogP contribution is 2.27. The Labute approximate surface area is 169 Å². The smallest absolute Gasteiger partial charge is 0.315 e. The van der Waals surface area contributed by atoms with Gasteiger partial charge in [0.05, 0.1) is 0 Å². The summed E-state index contributed by atoms with van der Waals surface area (Å²) in [6, 6.07) is 12.9. The molecule has 0 bridgehead atoms. The molecule has 0 fully saturated rings. The molecule has 2 aromatic heterocycles. The van der Waals surface area contributed by atoms with Gasteiger partial charge in [-0.1, -0.05) is 24.3 Å². The lowest BCUT2D eigenvalue weighted by molar-refractivity contribution is 0.229. The van der Waals surface area contributed by atoms with Crippen molar-refractivity contribution in [2.24, 2.45) is 0 Å². The SMILES string of the molecule is C[C@@H](Cc1cccs1)NC(=O)NC[C@H](Cc1csc2ccccc12)N(C)C. The quantitative estimate of drug-likeness (QED) is 0.589. The predicted molar refractivity (Wildman–Crippen MR) is 117 cm³/mol. The monoisotopic (exact) mass is 401 g/mol. The fourth-order valence-electron chi connectivity index (χ4n) is 3.15. The summed E-state index contributed by atoms with van der Waals surface area (Å²) < 4.78 is 1.32. The number of hydrogen-bond acceptors (Lipinski definition) is 4. The van der Waals surface area contributed by atoms with Gasteiger partial charge in [-0.3, -0.25) is 0 Å². The van der Waals surface area contributed by atoms with Crippen molar-refractivity contribution >= 4 is 38.8 Å². The van der Waals surface area contributed by atoms with Crippen LogP contribution in [0.1, 0.15) is 17.4 Å². The van der Waals surface area contributed by atoms with Crippen LogP contribution in [0.15, 0.2) is 47.2 Å². The number of carbonyl (C=O) groups is 1. The number of urea groups is 1. The van der Waals surface area contributed by atoms with Crippen LogP contribution >= 0.6 is 22.7 Å². The van der Waals surface area contributed by atoms with E-state index in [0.29, 0.717) is 6.54 Å². The molecule has 6 heteroatoms. The summed E-state index contributed by atoms with van der Waals surface area (Å²) in [5.41, 5.74) is 1.35. The fraction of sp³-hybridized carbons (Fsp3) is 0.381. The van der Waals surface area contributed by atoms with E-state index in [2.05, 4.69) is 70.7 Å². The Morgan fingerprint density at radius 1 is 1.11 bits per heavy atom. The van der Waals surface area contributed by atoms with E-state index in [1.807, 2.05) is 13.0 Å². The molecular weight excluding hydrogens is 374 g/mol. The van der Waals surface area contributed by atoms with Crippen LogP contribution in [0, 0.1) is 0 Å². The highest BCUT2D eigenvalue weighted by molar-refractivity contribution is 7.17. The molecule has 1 aromatic carbocycles. The number of thiophene rings is 2. The molecule has 0 aliphatic heterocycles. The maximum Gasteiger partial charge on any atom is 0.315 e. The highest BCUT2D eigenvalue weighted by atomic mass is 32.1. The van der Waals surface area contributed by atoms with Crippen LogP contribution in [0.4, 0.5) is 4.79 Å². The highest BCUT2D eigenvalue weighted by Gasteiger charge is 2.17. The van der Waals surface area contributed by atoms with Gasteiger partial charge >= 0.3 is 6.03 Å². The standard InChI is InChI=1S/C21H27N3OS2/c1-15(11-18-7-6-10-26-18)23-21(25)22-13-17(24(2)3)12-16-14-27-20-9-5-4-8-19(16)20/h4-10,14-15,17H,11-13H2,1-3H3,(H2,22,23,25)/t15-,17-/m0/s1. The number of rotatable bonds is 8. The topological polar surface area (TPSA) is 44.4 Å². The van der Waals surface area contributed by atoms with Crippen LogP contribution < -0.4 is 10.6 Å². The number of benzene rings is 1. The van der Waals surface area contributed by atoms with E-state index in [-0.39, 0.29) is 18.1 Å². The van der Waals surface area contributed by atoms with Crippen LogP contribution in [0.25, 0.3) is 10.1 Å². The van der Waals surface area contributed by atoms with Gasteiger partial charge < -0.3 is 15.5 Å². The lowest BCUT2D eigenvalue weighted by Crippen LogP contribution is -2.47. The first-order valence-electron chi connectivity index (χ1n) is 9.21. The van der Waals surface area contributed by atoms with Crippen LogP contribution in [-0.2, 0) is 12.8 Å². The van der Waals surface area contributed by atoms with Gasteiger partial charge in [0, 0.05) is 34.6 Å². The van der Waals surface area contributed by atoms with Crippen molar-refractivity contribution in [1.82, 2.24) is 15.5 Å². The largest absolute Gasteiger partial charge is 0.337 e. The molecule has 27 heavy (non-hydrogen) atoms. The van der Waals surface area contributed by atoms with E-state index >= 15 is 0 Å². The van der Waals surface area contributed by atoms with Crippen LogP contribution in [0.2, 0.25) is 0 Å². The van der Waals surface area contributed by atoms with Crippen molar-refractivity contribution in [2.75, 3.05) is 20.6 Å². The Kier molecular flexibility index (Phi) is 6.88. The predicted octanol–water partition coefficient (Wildman–Crippen LogP) is 4.37. The maximum atomic E-state index is 12.3. The number of amides is 2. The van der Waals surface area contributed by atoms with Gasteiger partial charge in [0.15, 0.2) is 0 Å². The average Bonchev–Trinajstić information content (AvgIpc) is 3.28. The summed E-state index contributed by atoms with van der Waals surface area (Å²) in [5.74, 6) is 0. The Morgan fingerprint density at radius 3 is 2.67 bits per heavy atom. The average molecular weight is 402 g/mol. The number of hydrogen-bond donors (Lipinski definition) is 2. The van der Waals surface area contributed by atoms with Gasteiger partial charge in [0.1, 0.15) is 0 Å². The van der Waals surface area contributed by atoms with E-state index in [0.717, 1.165) is 12.8 Å². The van der Waals surface area contributed by atoms with Crippen molar-refractivity contribution in [3.8, 4) is 0 Å². The second kappa shape index (κ2) is 9.35. The first-order valence-corrected chi connectivity index (χ1v) is 11.0. The Balaban J connectivity index is 1.52. The first kappa shape index (κ1) is 19.9. The van der Waals surface area contributed by atoms with E-state index in [1.54, 1.807) is 22.7 Å².